The van der Waals surface area contributed by atoms with Gasteiger partial charge in [0.05, 0.1) is 27.5 Å². The Hall–Kier alpha value is -1.96. The van der Waals surface area contributed by atoms with Crippen molar-refractivity contribution in [3.8, 4) is 0 Å². The van der Waals surface area contributed by atoms with Crippen LogP contribution in [0.15, 0.2) is 34.1 Å². The Kier molecular flexibility index (Phi) is 5.16. The lowest BCUT2D eigenvalue weighted by Gasteiger charge is -2.23. The molecule has 1 saturated carbocycles. The molecule has 4 nitrogen and oxygen atoms in total. The van der Waals surface area contributed by atoms with E-state index in [1.165, 1.54) is 36.7 Å². The summed E-state index contributed by atoms with van der Waals surface area (Å²) in [4.78, 5) is 17.4. The van der Waals surface area contributed by atoms with E-state index in [2.05, 4.69) is 10.1 Å². The van der Waals surface area contributed by atoms with Crippen LogP contribution >= 0.6 is 11.8 Å². The van der Waals surface area contributed by atoms with Gasteiger partial charge in [-0.1, -0.05) is 49.6 Å². The largest absolute Gasteiger partial charge is 0.416 e. The van der Waals surface area contributed by atoms with Crippen LogP contribution in [0, 0.1) is 0 Å². The van der Waals surface area contributed by atoms with Gasteiger partial charge in [0.15, 0.2) is 5.82 Å². The van der Waals surface area contributed by atoms with E-state index in [9.17, 15) is 18.0 Å². The van der Waals surface area contributed by atoms with E-state index < -0.39 is 11.7 Å². The summed E-state index contributed by atoms with van der Waals surface area (Å²) in [7, 11) is 0. The van der Waals surface area contributed by atoms with Gasteiger partial charge in [0.1, 0.15) is 0 Å². The number of halogens is 3. The van der Waals surface area contributed by atoms with Crippen LogP contribution in [-0.4, -0.2) is 14.8 Å². The number of aromatic nitrogens is 2. The van der Waals surface area contributed by atoms with Crippen molar-refractivity contribution in [3.05, 3.63) is 51.3 Å². The second-order valence-electron chi connectivity index (χ2n) is 7.44. The van der Waals surface area contributed by atoms with Crippen LogP contribution in [0.25, 0.3) is 0 Å². The summed E-state index contributed by atoms with van der Waals surface area (Å²) in [6.07, 6.45) is 2.29. The molecule has 0 spiro atoms. The van der Waals surface area contributed by atoms with E-state index in [1.54, 1.807) is 0 Å². The first-order valence-corrected chi connectivity index (χ1v) is 10.5. The summed E-state index contributed by atoms with van der Waals surface area (Å²) < 4.78 is 40.6. The van der Waals surface area contributed by atoms with Crippen LogP contribution in [-0.2, 0) is 6.18 Å². The van der Waals surface area contributed by atoms with Gasteiger partial charge in [-0.05, 0) is 37.5 Å². The van der Waals surface area contributed by atoms with Crippen molar-refractivity contribution in [2.24, 2.45) is 4.99 Å². The molecule has 1 aliphatic heterocycles. The molecule has 150 valence electrons. The predicted octanol–water partition coefficient (Wildman–Crippen LogP) is 5.98. The van der Waals surface area contributed by atoms with Gasteiger partial charge < -0.3 is 0 Å². The van der Waals surface area contributed by atoms with Crippen molar-refractivity contribution < 1.29 is 13.2 Å². The summed E-state index contributed by atoms with van der Waals surface area (Å²) in [5.41, 5.74) is 0.331. The molecule has 1 N–H and O–H groups in total. The molecule has 0 saturated heterocycles. The third-order valence-electron chi connectivity index (χ3n) is 5.48. The van der Waals surface area contributed by atoms with E-state index in [0.717, 1.165) is 42.9 Å². The van der Waals surface area contributed by atoms with Gasteiger partial charge in [0.2, 0.25) is 0 Å². The van der Waals surface area contributed by atoms with Crippen LogP contribution in [0.1, 0.15) is 73.4 Å². The number of hydrogen-bond acceptors (Lipinski definition) is 3. The average Bonchev–Trinajstić information content (AvgIpc) is 2.84. The SMILES string of the molecule is CC1=Nc2c(c(=O)[nH]n2C2CCCCCC2)[C@H](c2ccc(C(F)(F)F)cc2)S1. The highest BCUT2D eigenvalue weighted by atomic mass is 32.2. The zero-order valence-electron chi connectivity index (χ0n) is 15.6. The first-order chi connectivity index (χ1) is 13.3. The van der Waals surface area contributed by atoms with Crippen molar-refractivity contribution >= 4 is 22.6 Å². The molecule has 2 aliphatic rings. The lowest BCUT2D eigenvalue weighted by Crippen LogP contribution is -2.14. The van der Waals surface area contributed by atoms with Crippen molar-refractivity contribution in [1.82, 2.24) is 9.78 Å². The van der Waals surface area contributed by atoms with Gasteiger partial charge >= 0.3 is 6.18 Å². The molecule has 0 unspecified atom stereocenters. The van der Waals surface area contributed by atoms with Gasteiger partial charge in [-0.15, -0.1) is 0 Å². The number of benzene rings is 1. The molecule has 2 aromatic rings. The normalized spacial score (nSPS) is 21.1. The fourth-order valence-electron chi connectivity index (χ4n) is 4.07. The standard InChI is InChI=1S/C20H22F3N3OS/c1-12-24-18-16(19(27)25-26(18)15-6-4-2-3-5-7-15)17(28-12)13-8-10-14(11-9-13)20(21,22)23/h8-11,15,17H,2-7H2,1H3,(H,25,27)/t17-/m0/s1. The van der Waals surface area contributed by atoms with Crippen molar-refractivity contribution in [2.45, 2.75) is 62.9 Å². The smallest absolute Gasteiger partial charge is 0.268 e. The molecule has 4 rings (SSSR count). The van der Waals surface area contributed by atoms with Crippen molar-refractivity contribution in [1.29, 1.82) is 0 Å². The van der Waals surface area contributed by atoms with Crippen LogP contribution in [0.5, 0.6) is 0 Å². The Morgan fingerprint density at radius 2 is 1.75 bits per heavy atom. The molecule has 2 heterocycles. The molecule has 1 fully saturated rings. The van der Waals surface area contributed by atoms with E-state index in [4.69, 9.17) is 0 Å². The highest BCUT2D eigenvalue weighted by Gasteiger charge is 2.34. The third-order valence-corrected chi connectivity index (χ3v) is 6.66. The van der Waals surface area contributed by atoms with Gasteiger partial charge in [-0.2, -0.15) is 13.2 Å². The molecule has 28 heavy (non-hydrogen) atoms. The fraction of sp³-hybridized carbons (Fsp3) is 0.500. The van der Waals surface area contributed by atoms with Gasteiger partial charge in [0, 0.05) is 0 Å². The minimum atomic E-state index is -4.37. The summed E-state index contributed by atoms with van der Waals surface area (Å²) in [6.45, 7) is 1.87. The number of aliphatic imine (C=N–C) groups is 1. The molecule has 0 amide bonds. The first kappa shape index (κ1) is 19.4. The summed E-state index contributed by atoms with van der Waals surface area (Å²) in [5.74, 6) is 0.637. The second-order valence-corrected chi connectivity index (χ2v) is 8.74. The third kappa shape index (κ3) is 3.66. The molecular formula is C20H22F3N3OS. The van der Waals surface area contributed by atoms with Crippen LogP contribution in [0.3, 0.4) is 0 Å². The Bertz CT molecular complexity index is 935. The highest BCUT2D eigenvalue weighted by Crippen LogP contribution is 2.45. The number of thioether (sulfide) groups is 1. The Morgan fingerprint density at radius 3 is 2.36 bits per heavy atom. The maximum absolute atomic E-state index is 12.9. The number of aromatic amines is 1. The van der Waals surface area contributed by atoms with Gasteiger partial charge in [-0.25, -0.2) is 4.99 Å². The lowest BCUT2D eigenvalue weighted by molar-refractivity contribution is -0.137. The number of alkyl halides is 3. The summed E-state index contributed by atoms with van der Waals surface area (Å²) in [5, 5.41) is 3.42. The number of nitrogens with zero attached hydrogens (tertiary/aromatic N) is 2. The van der Waals surface area contributed by atoms with Crippen LogP contribution in [0.2, 0.25) is 0 Å². The Balaban J connectivity index is 1.74. The van der Waals surface area contributed by atoms with E-state index in [0.29, 0.717) is 16.9 Å². The van der Waals surface area contributed by atoms with E-state index in [1.807, 2.05) is 11.6 Å². The number of H-pyrrole nitrogens is 1. The van der Waals surface area contributed by atoms with Gasteiger partial charge in [-0.3, -0.25) is 14.6 Å². The van der Waals surface area contributed by atoms with Gasteiger partial charge in [0.25, 0.3) is 5.56 Å². The zero-order valence-corrected chi connectivity index (χ0v) is 16.4. The molecule has 1 aliphatic carbocycles. The summed E-state index contributed by atoms with van der Waals surface area (Å²) >= 11 is 1.41. The molecule has 1 aromatic carbocycles. The Labute approximate surface area is 165 Å². The summed E-state index contributed by atoms with van der Waals surface area (Å²) in [6, 6.07) is 5.29. The topological polar surface area (TPSA) is 50.1 Å². The van der Waals surface area contributed by atoms with Crippen LogP contribution < -0.4 is 5.56 Å². The predicted molar refractivity (Wildman–Crippen MR) is 105 cm³/mol. The maximum atomic E-state index is 12.9. The maximum Gasteiger partial charge on any atom is 0.416 e. The van der Waals surface area contributed by atoms with Crippen molar-refractivity contribution in [3.63, 3.8) is 0 Å². The minimum Gasteiger partial charge on any atom is -0.268 e. The quantitative estimate of drug-likeness (QED) is 0.621. The molecule has 1 atom stereocenters. The molecular weight excluding hydrogens is 387 g/mol. The molecule has 0 radical (unpaired) electrons. The van der Waals surface area contributed by atoms with Crippen LogP contribution in [0.4, 0.5) is 19.0 Å². The number of fused-ring (bicyclic) bond motifs is 1. The zero-order chi connectivity index (χ0) is 19.9. The van der Waals surface area contributed by atoms with E-state index >= 15 is 0 Å². The molecule has 8 heteroatoms. The lowest BCUT2D eigenvalue weighted by atomic mass is 10.0. The number of rotatable bonds is 2. The minimum absolute atomic E-state index is 0.201. The average molecular weight is 409 g/mol. The van der Waals surface area contributed by atoms with E-state index in [-0.39, 0.29) is 16.9 Å². The second kappa shape index (κ2) is 7.46. The monoisotopic (exact) mass is 409 g/mol. The fourth-order valence-corrected chi connectivity index (χ4v) is 5.17. The first-order valence-electron chi connectivity index (χ1n) is 9.58. The number of nitrogens with one attached hydrogen (secondary N) is 1. The highest BCUT2D eigenvalue weighted by molar-refractivity contribution is 8.14. The number of hydrogen-bond donors (Lipinski definition) is 1. The molecule has 1 aromatic heterocycles. The Morgan fingerprint density at radius 1 is 1.11 bits per heavy atom. The van der Waals surface area contributed by atoms with Crippen molar-refractivity contribution in [2.75, 3.05) is 0 Å². The molecule has 0 bridgehead atoms.